The van der Waals surface area contributed by atoms with Gasteiger partial charge in [-0.3, -0.25) is 0 Å². The normalized spacial score (nSPS) is 10.8. The van der Waals surface area contributed by atoms with Crippen molar-refractivity contribution in [1.29, 1.82) is 0 Å². The molecule has 0 N–H and O–H groups in total. The van der Waals surface area contributed by atoms with Crippen LogP contribution in [-0.2, 0) is 6.32 Å². The van der Waals surface area contributed by atoms with Gasteiger partial charge in [0.1, 0.15) is 6.33 Å². The Hall–Kier alpha value is 0.571. The first-order valence-corrected chi connectivity index (χ1v) is 3.45. The maximum atomic E-state index is 11.9. The molecule has 0 unspecified atom stereocenters. The summed E-state index contributed by atoms with van der Waals surface area (Å²) in [6.45, 7) is -3.24. The van der Waals surface area contributed by atoms with Crippen molar-refractivity contribution < 1.29 is 64.3 Å². The number of aryl methyl sites for hydroxylation is 1. The van der Waals surface area contributed by atoms with Crippen LogP contribution in [0, 0.1) is 6.92 Å². The molecule has 0 atom stereocenters. The van der Waals surface area contributed by atoms with Gasteiger partial charge in [0.2, 0.25) is 0 Å². The van der Waals surface area contributed by atoms with Crippen molar-refractivity contribution in [2.24, 2.45) is 0 Å². The van der Waals surface area contributed by atoms with Gasteiger partial charge in [-0.25, -0.2) is 9.97 Å². The van der Waals surface area contributed by atoms with Gasteiger partial charge in [0, 0.05) is 11.9 Å². The number of nitrogens with zero attached hydrogens (tertiary/aromatic N) is 2. The summed E-state index contributed by atoms with van der Waals surface area (Å²) in [6, 6.07) is 0. The first-order valence-electron chi connectivity index (χ1n) is 3.45. The smallest absolute Gasteiger partial charge is 0.449 e. The second-order valence-electron chi connectivity index (χ2n) is 2.55. The Balaban J connectivity index is 0.00000144. The van der Waals surface area contributed by atoms with Crippen LogP contribution in [0.4, 0.5) is 12.9 Å². The Labute approximate surface area is 117 Å². The summed E-state index contributed by atoms with van der Waals surface area (Å²) in [4.78, 5) is 7.19. The Morgan fingerprint density at radius 2 is 2.00 bits per heavy atom. The van der Waals surface area contributed by atoms with Gasteiger partial charge in [-0.05, 0) is 12.5 Å². The molecule has 0 amide bonds. The van der Waals surface area contributed by atoms with Gasteiger partial charge in [0.05, 0.1) is 0 Å². The van der Waals surface area contributed by atoms with Crippen LogP contribution in [0.2, 0.25) is 0 Å². The first-order chi connectivity index (χ1) is 5.49. The molecular weight excluding hydrogens is 207 g/mol. The van der Waals surface area contributed by atoms with E-state index >= 15 is 0 Å². The van der Waals surface area contributed by atoms with E-state index in [1.165, 1.54) is 12.5 Å². The molecule has 0 fully saturated rings. The minimum absolute atomic E-state index is 0. The van der Waals surface area contributed by atoms with Gasteiger partial charge in [0.25, 0.3) is 0 Å². The van der Waals surface area contributed by atoms with E-state index in [-0.39, 0.29) is 56.9 Å². The minimum atomic E-state index is -4.78. The van der Waals surface area contributed by atoms with Crippen LogP contribution in [0.25, 0.3) is 0 Å². The predicted molar refractivity (Wildman–Crippen MR) is 39.6 cm³/mol. The van der Waals surface area contributed by atoms with Crippen molar-refractivity contribution in [2.75, 3.05) is 0 Å². The van der Waals surface area contributed by atoms with E-state index in [4.69, 9.17) is 0 Å². The number of hydrogen-bond donors (Lipinski definition) is 0. The minimum Gasteiger partial charge on any atom is -0.449 e. The fourth-order valence-corrected chi connectivity index (χ4v) is 0.869. The standard InChI is InChI=1S/C6H7BF3N2.K/c1-5-6(2-7(8,9)10)3-11-4-12-5;/h3-4H,2H2,1H3;/q-1;+1. The molecule has 0 aliphatic rings. The molecule has 2 nitrogen and oxygen atoms in total. The average molecular weight is 214 g/mol. The summed E-state index contributed by atoms with van der Waals surface area (Å²) in [5, 5.41) is 0. The third-order valence-electron chi connectivity index (χ3n) is 1.46. The summed E-state index contributed by atoms with van der Waals surface area (Å²) in [5.41, 5.74) is 0.550. The molecule has 0 saturated carbocycles. The molecule has 66 valence electrons. The summed E-state index contributed by atoms with van der Waals surface area (Å²) < 4.78 is 35.8. The zero-order valence-corrected chi connectivity index (χ0v) is 10.6. The van der Waals surface area contributed by atoms with Crippen molar-refractivity contribution in [2.45, 2.75) is 13.2 Å². The maximum absolute atomic E-state index is 11.9. The molecule has 0 radical (unpaired) electrons. The molecule has 0 aromatic carbocycles. The van der Waals surface area contributed by atoms with Gasteiger partial charge >= 0.3 is 58.4 Å². The van der Waals surface area contributed by atoms with Crippen LogP contribution in [-0.4, -0.2) is 16.9 Å². The number of hydrogen-bond acceptors (Lipinski definition) is 2. The van der Waals surface area contributed by atoms with Gasteiger partial charge in [-0.2, -0.15) is 0 Å². The van der Waals surface area contributed by atoms with Crippen LogP contribution in [0.15, 0.2) is 12.5 Å². The molecule has 7 heteroatoms. The zero-order valence-electron chi connectivity index (χ0n) is 7.47. The van der Waals surface area contributed by atoms with Crippen molar-refractivity contribution in [3.05, 3.63) is 23.8 Å². The Morgan fingerprint density at radius 1 is 1.38 bits per heavy atom. The maximum Gasteiger partial charge on any atom is 1.00 e. The Morgan fingerprint density at radius 3 is 2.46 bits per heavy atom. The summed E-state index contributed by atoms with van der Waals surface area (Å²) in [5.74, 6) is 0. The van der Waals surface area contributed by atoms with Crippen LogP contribution < -0.4 is 51.4 Å². The Kier molecular flexibility index (Phi) is 5.69. The van der Waals surface area contributed by atoms with Gasteiger partial charge in [-0.1, -0.05) is 6.32 Å². The molecule has 0 aliphatic carbocycles. The fourth-order valence-electron chi connectivity index (χ4n) is 0.869. The monoisotopic (exact) mass is 214 g/mol. The van der Waals surface area contributed by atoms with Crippen molar-refractivity contribution in [3.63, 3.8) is 0 Å². The predicted octanol–water partition coefficient (Wildman–Crippen LogP) is -1.28. The molecular formula is C6H7BF3KN2. The number of aromatic nitrogens is 2. The van der Waals surface area contributed by atoms with Crippen LogP contribution in [0.1, 0.15) is 11.3 Å². The van der Waals surface area contributed by atoms with Crippen molar-refractivity contribution in [1.82, 2.24) is 9.97 Å². The van der Waals surface area contributed by atoms with Crippen LogP contribution in [0.5, 0.6) is 0 Å². The van der Waals surface area contributed by atoms with Gasteiger partial charge in [-0.15, -0.1) is 0 Å². The van der Waals surface area contributed by atoms with E-state index in [0.29, 0.717) is 5.69 Å². The molecule has 0 spiro atoms. The molecule has 1 heterocycles. The summed E-state index contributed by atoms with van der Waals surface area (Å²) in [7, 11) is 0. The largest absolute Gasteiger partial charge is 1.00 e. The second kappa shape index (κ2) is 5.45. The molecule has 1 aromatic rings. The van der Waals surface area contributed by atoms with E-state index < -0.39 is 13.3 Å². The Bertz CT molecular complexity index is 279. The van der Waals surface area contributed by atoms with E-state index in [0.717, 1.165) is 0 Å². The topological polar surface area (TPSA) is 25.8 Å². The number of rotatable bonds is 2. The van der Waals surface area contributed by atoms with E-state index in [1.54, 1.807) is 6.92 Å². The van der Waals surface area contributed by atoms with Crippen molar-refractivity contribution in [3.8, 4) is 0 Å². The molecule has 0 aliphatic heterocycles. The third-order valence-corrected chi connectivity index (χ3v) is 1.46. The van der Waals surface area contributed by atoms with E-state index in [1.807, 2.05) is 0 Å². The molecule has 0 saturated heterocycles. The zero-order chi connectivity index (χ0) is 9.19. The van der Waals surface area contributed by atoms with E-state index in [9.17, 15) is 12.9 Å². The summed E-state index contributed by atoms with van der Waals surface area (Å²) in [6.07, 6.45) is 1.55. The molecule has 1 aromatic heterocycles. The SMILES string of the molecule is Cc1ncncc1C[B-](F)(F)F.[K+]. The molecule has 1 rings (SSSR count). The summed E-state index contributed by atoms with van der Waals surface area (Å²) >= 11 is 0. The quantitative estimate of drug-likeness (QED) is 0.573. The third kappa shape index (κ3) is 5.12. The average Bonchev–Trinajstić information content (AvgIpc) is 1.91. The first kappa shape index (κ1) is 13.6. The molecule has 13 heavy (non-hydrogen) atoms. The molecule has 0 bridgehead atoms. The fraction of sp³-hybridized carbons (Fsp3) is 0.333. The van der Waals surface area contributed by atoms with Crippen LogP contribution >= 0.6 is 0 Å². The van der Waals surface area contributed by atoms with E-state index in [2.05, 4.69) is 9.97 Å². The van der Waals surface area contributed by atoms with Crippen LogP contribution in [0.3, 0.4) is 0 Å². The number of halogens is 3. The van der Waals surface area contributed by atoms with Gasteiger partial charge < -0.3 is 12.9 Å². The second-order valence-corrected chi connectivity index (χ2v) is 2.55. The van der Waals surface area contributed by atoms with Gasteiger partial charge in [0.15, 0.2) is 0 Å². The van der Waals surface area contributed by atoms with Crippen molar-refractivity contribution >= 4 is 6.98 Å².